The number of carbonyl (C=O) groups is 3. The van der Waals surface area contributed by atoms with Crippen molar-refractivity contribution < 1.29 is 23.9 Å². The van der Waals surface area contributed by atoms with Crippen LogP contribution >= 0.6 is 0 Å². The SMILES string of the molecule is COC(=O)CCN1C(=O)O/C(=C/c2cnc3c(c2)C=CCC3)C1=O. The zero-order chi connectivity index (χ0) is 17.1. The van der Waals surface area contributed by atoms with Gasteiger partial charge in [-0.3, -0.25) is 14.6 Å². The van der Waals surface area contributed by atoms with Crippen molar-refractivity contribution in [3.8, 4) is 0 Å². The molecule has 3 rings (SSSR count). The molecule has 124 valence electrons. The number of amides is 2. The minimum absolute atomic E-state index is 0.0736. The fourth-order valence-electron chi connectivity index (χ4n) is 2.54. The number of methoxy groups -OCH3 is 1. The lowest BCUT2D eigenvalue weighted by molar-refractivity contribution is -0.141. The standard InChI is InChI=1S/C17H16N2O5/c1-23-15(20)6-7-19-16(21)14(24-17(19)22)9-11-8-12-4-2-3-5-13(12)18-10-11/h2,4,8-10H,3,5-7H2,1H3/b14-9+. The van der Waals surface area contributed by atoms with E-state index in [0.717, 1.165) is 29.0 Å². The van der Waals surface area contributed by atoms with E-state index in [0.29, 0.717) is 5.56 Å². The molecule has 1 fully saturated rings. The maximum Gasteiger partial charge on any atom is 0.422 e. The lowest BCUT2D eigenvalue weighted by Gasteiger charge is -2.09. The molecule has 0 unspecified atom stereocenters. The summed E-state index contributed by atoms with van der Waals surface area (Å²) in [6.07, 6.45) is 8.16. The third-order valence-corrected chi connectivity index (χ3v) is 3.81. The number of hydrogen-bond donors (Lipinski definition) is 0. The molecule has 2 heterocycles. The third-order valence-electron chi connectivity index (χ3n) is 3.81. The molecule has 2 amide bonds. The van der Waals surface area contributed by atoms with Crippen molar-refractivity contribution in [1.82, 2.24) is 9.88 Å². The second-order valence-electron chi connectivity index (χ2n) is 5.41. The normalized spacial score (nSPS) is 17.9. The van der Waals surface area contributed by atoms with Gasteiger partial charge in [-0.1, -0.05) is 12.2 Å². The van der Waals surface area contributed by atoms with Crippen LogP contribution < -0.4 is 0 Å². The number of ether oxygens (including phenoxy) is 2. The summed E-state index contributed by atoms with van der Waals surface area (Å²) in [6, 6.07) is 1.89. The molecule has 1 saturated heterocycles. The number of aromatic nitrogens is 1. The molecule has 0 spiro atoms. The lowest BCUT2D eigenvalue weighted by Crippen LogP contribution is -2.31. The minimum Gasteiger partial charge on any atom is -0.469 e. The molecular formula is C17H16N2O5. The summed E-state index contributed by atoms with van der Waals surface area (Å²) < 4.78 is 9.50. The summed E-state index contributed by atoms with van der Waals surface area (Å²) in [5.41, 5.74) is 2.68. The van der Waals surface area contributed by atoms with Crippen molar-refractivity contribution in [1.29, 1.82) is 0 Å². The molecule has 1 aromatic rings. The second kappa shape index (κ2) is 6.66. The predicted octanol–water partition coefficient (Wildman–Crippen LogP) is 1.92. The molecule has 1 aliphatic carbocycles. The van der Waals surface area contributed by atoms with Crippen molar-refractivity contribution >= 4 is 30.1 Å². The van der Waals surface area contributed by atoms with Crippen molar-refractivity contribution in [3.63, 3.8) is 0 Å². The first-order valence-corrected chi connectivity index (χ1v) is 7.56. The molecule has 2 aliphatic rings. The van der Waals surface area contributed by atoms with Crippen LogP contribution in [0.1, 0.15) is 29.7 Å². The van der Waals surface area contributed by atoms with E-state index in [-0.39, 0.29) is 18.7 Å². The van der Waals surface area contributed by atoms with Gasteiger partial charge in [-0.2, -0.15) is 0 Å². The van der Waals surface area contributed by atoms with Gasteiger partial charge in [-0.15, -0.1) is 0 Å². The van der Waals surface area contributed by atoms with Gasteiger partial charge in [0, 0.05) is 18.4 Å². The molecule has 0 aromatic carbocycles. The van der Waals surface area contributed by atoms with Gasteiger partial charge >= 0.3 is 12.1 Å². The molecule has 0 saturated carbocycles. The summed E-state index contributed by atoms with van der Waals surface area (Å²) in [4.78, 5) is 40.4. The van der Waals surface area contributed by atoms with Crippen molar-refractivity contribution in [2.45, 2.75) is 19.3 Å². The van der Waals surface area contributed by atoms with Crippen molar-refractivity contribution in [2.75, 3.05) is 13.7 Å². The van der Waals surface area contributed by atoms with Crippen LogP contribution in [-0.2, 0) is 25.5 Å². The predicted molar refractivity (Wildman–Crippen MR) is 84.4 cm³/mol. The number of fused-ring (bicyclic) bond motifs is 1. The molecule has 1 aliphatic heterocycles. The van der Waals surface area contributed by atoms with E-state index >= 15 is 0 Å². The molecule has 0 bridgehead atoms. The smallest absolute Gasteiger partial charge is 0.422 e. The Hall–Kier alpha value is -2.96. The van der Waals surface area contributed by atoms with Crippen LogP contribution in [0.4, 0.5) is 4.79 Å². The Morgan fingerprint density at radius 2 is 2.29 bits per heavy atom. The number of pyridine rings is 1. The van der Waals surface area contributed by atoms with Crippen LogP contribution in [0.3, 0.4) is 0 Å². The Morgan fingerprint density at radius 3 is 3.08 bits per heavy atom. The highest BCUT2D eigenvalue weighted by atomic mass is 16.6. The number of allylic oxidation sites excluding steroid dienone is 1. The first-order valence-electron chi connectivity index (χ1n) is 7.56. The van der Waals surface area contributed by atoms with Crippen LogP contribution in [0.2, 0.25) is 0 Å². The van der Waals surface area contributed by atoms with E-state index in [4.69, 9.17) is 4.74 Å². The quantitative estimate of drug-likeness (QED) is 0.620. The van der Waals surface area contributed by atoms with E-state index in [1.54, 1.807) is 6.20 Å². The van der Waals surface area contributed by atoms with Gasteiger partial charge in [0.05, 0.1) is 13.5 Å². The minimum atomic E-state index is -0.791. The number of rotatable bonds is 4. The maximum atomic E-state index is 12.2. The summed E-state index contributed by atoms with van der Waals surface area (Å²) in [6.45, 7) is -0.0765. The monoisotopic (exact) mass is 328 g/mol. The highest BCUT2D eigenvalue weighted by molar-refractivity contribution is 6.10. The van der Waals surface area contributed by atoms with Gasteiger partial charge in [-0.05, 0) is 36.1 Å². The van der Waals surface area contributed by atoms with Gasteiger partial charge in [0.2, 0.25) is 0 Å². The first kappa shape index (κ1) is 15.9. The van der Waals surface area contributed by atoms with Gasteiger partial charge in [0.15, 0.2) is 5.76 Å². The van der Waals surface area contributed by atoms with Crippen LogP contribution in [0, 0.1) is 0 Å². The Kier molecular flexibility index (Phi) is 4.41. The molecule has 24 heavy (non-hydrogen) atoms. The van der Waals surface area contributed by atoms with E-state index in [9.17, 15) is 14.4 Å². The van der Waals surface area contributed by atoms with Crippen LogP contribution in [0.5, 0.6) is 0 Å². The molecule has 7 nitrogen and oxygen atoms in total. The van der Waals surface area contributed by atoms with Crippen molar-refractivity contribution in [3.05, 3.63) is 40.9 Å². The second-order valence-corrected chi connectivity index (χ2v) is 5.41. The highest BCUT2D eigenvalue weighted by Crippen LogP contribution is 2.23. The molecule has 0 N–H and O–H groups in total. The summed E-state index contributed by atoms with van der Waals surface area (Å²) in [5.74, 6) is -1.15. The number of hydrogen-bond acceptors (Lipinski definition) is 6. The Bertz CT molecular complexity index is 766. The Labute approximate surface area is 138 Å². The number of nitrogens with zero attached hydrogens (tertiary/aromatic N) is 2. The molecular weight excluding hydrogens is 312 g/mol. The number of imide groups is 1. The fraction of sp³-hybridized carbons (Fsp3) is 0.294. The van der Waals surface area contributed by atoms with E-state index in [1.807, 2.05) is 12.1 Å². The number of aryl methyl sites for hydroxylation is 1. The van der Waals surface area contributed by atoms with Crippen LogP contribution in [0.15, 0.2) is 24.1 Å². The third kappa shape index (κ3) is 3.19. The van der Waals surface area contributed by atoms with Gasteiger partial charge in [0.1, 0.15) is 0 Å². The average molecular weight is 328 g/mol. The lowest BCUT2D eigenvalue weighted by atomic mass is 10.0. The summed E-state index contributed by atoms with van der Waals surface area (Å²) in [7, 11) is 1.25. The van der Waals surface area contributed by atoms with Gasteiger partial charge < -0.3 is 9.47 Å². The van der Waals surface area contributed by atoms with Gasteiger partial charge in [0.25, 0.3) is 5.91 Å². The first-order chi connectivity index (χ1) is 11.6. The fourth-order valence-corrected chi connectivity index (χ4v) is 2.54. The summed E-state index contributed by atoms with van der Waals surface area (Å²) >= 11 is 0. The Morgan fingerprint density at radius 1 is 1.46 bits per heavy atom. The number of cyclic esters (lactones) is 1. The maximum absolute atomic E-state index is 12.2. The van der Waals surface area contributed by atoms with Crippen molar-refractivity contribution in [2.24, 2.45) is 0 Å². The highest BCUT2D eigenvalue weighted by Gasteiger charge is 2.36. The van der Waals surface area contributed by atoms with Crippen LogP contribution in [0.25, 0.3) is 12.2 Å². The topological polar surface area (TPSA) is 85.8 Å². The molecule has 0 radical (unpaired) electrons. The van der Waals surface area contributed by atoms with E-state index in [1.165, 1.54) is 13.2 Å². The van der Waals surface area contributed by atoms with Gasteiger partial charge in [-0.25, -0.2) is 9.69 Å². The average Bonchev–Trinajstić information content (AvgIpc) is 2.86. The van der Waals surface area contributed by atoms with E-state index < -0.39 is 18.0 Å². The Balaban J connectivity index is 1.77. The van der Waals surface area contributed by atoms with E-state index in [2.05, 4.69) is 15.8 Å². The largest absolute Gasteiger partial charge is 0.469 e. The molecule has 0 atom stereocenters. The molecule has 1 aromatic heterocycles. The zero-order valence-corrected chi connectivity index (χ0v) is 13.2. The number of esters is 1. The summed E-state index contributed by atoms with van der Waals surface area (Å²) in [5, 5.41) is 0. The molecule has 7 heteroatoms. The zero-order valence-electron chi connectivity index (χ0n) is 13.2. The number of carbonyl (C=O) groups excluding carboxylic acids is 3. The van der Waals surface area contributed by atoms with Crippen LogP contribution in [-0.4, -0.2) is 41.5 Å².